The monoisotopic (exact) mass is 325 g/mol. The quantitative estimate of drug-likeness (QED) is 0.700. The van der Waals surface area contributed by atoms with Gasteiger partial charge in [-0.15, -0.1) is 5.10 Å². The van der Waals surface area contributed by atoms with Crippen LogP contribution in [-0.4, -0.2) is 45.6 Å². The van der Waals surface area contributed by atoms with Crippen molar-refractivity contribution in [2.45, 2.75) is 13.8 Å². The average molecular weight is 325 g/mol. The number of nitrogens with zero attached hydrogens (tertiary/aromatic N) is 4. The zero-order chi connectivity index (χ0) is 16.9. The van der Waals surface area contributed by atoms with Gasteiger partial charge in [-0.3, -0.25) is 9.78 Å². The first-order chi connectivity index (χ1) is 11.7. The fourth-order valence-electron chi connectivity index (χ4n) is 2.44. The number of aromatic nitrogens is 4. The number of hydrogen-bond acceptors (Lipinski definition) is 5. The van der Waals surface area contributed by atoms with E-state index in [4.69, 9.17) is 4.74 Å². The van der Waals surface area contributed by atoms with Gasteiger partial charge >= 0.3 is 0 Å². The van der Waals surface area contributed by atoms with E-state index in [2.05, 4.69) is 20.6 Å². The molecule has 3 rings (SSSR count). The number of rotatable bonds is 6. The van der Waals surface area contributed by atoms with Crippen LogP contribution >= 0.6 is 0 Å². The number of carbonyl (C=O) groups excluding carboxylic acids is 1. The first-order valence-electron chi connectivity index (χ1n) is 7.84. The van der Waals surface area contributed by atoms with Crippen LogP contribution in [0, 0.1) is 6.92 Å². The van der Waals surface area contributed by atoms with Crippen LogP contribution in [0.25, 0.3) is 16.6 Å². The molecule has 2 heterocycles. The predicted molar refractivity (Wildman–Crippen MR) is 90.2 cm³/mol. The molecule has 0 saturated carbocycles. The van der Waals surface area contributed by atoms with Gasteiger partial charge in [-0.1, -0.05) is 11.3 Å². The lowest BCUT2D eigenvalue weighted by Gasteiger charge is -2.06. The summed E-state index contributed by atoms with van der Waals surface area (Å²) in [6.45, 7) is 5.29. The number of benzene rings is 1. The molecule has 1 N–H and O–H groups in total. The van der Waals surface area contributed by atoms with E-state index in [-0.39, 0.29) is 5.91 Å². The Hall–Kier alpha value is -2.80. The highest BCUT2D eigenvalue weighted by Gasteiger charge is 2.17. The first kappa shape index (κ1) is 16.1. The molecule has 7 heteroatoms. The number of ether oxygens (including phenoxy) is 1. The van der Waals surface area contributed by atoms with Crippen LogP contribution in [-0.2, 0) is 4.74 Å². The molecule has 0 radical (unpaired) electrons. The van der Waals surface area contributed by atoms with Crippen molar-refractivity contribution >= 4 is 16.8 Å². The van der Waals surface area contributed by atoms with E-state index < -0.39 is 0 Å². The van der Waals surface area contributed by atoms with Crippen LogP contribution in [0.1, 0.15) is 23.1 Å². The van der Waals surface area contributed by atoms with Crippen LogP contribution < -0.4 is 5.32 Å². The topological polar surface area (TPSA) is 81.9 Å². The lowest BCUT2D eigenvalue weighted by atomic mass is 10.2. The van der Waals surface area contributed by atoms with E-state index in [1.165, 1.54) is 0 Å². The lowest BCUT2D eigenvalue weighted by Crippen LogP contribution is -2.28. The summed E-state index contributed by atoms with van der Waals surface area (Å²) < 4.78 is 6.86. The van der Waals surface area contributed by atoms with E-state index in [0.29, 0.717) is 31.1 Å². The highest BCUT2D eigenvalue weighted by Crippen LogP contribution is 2.18. The van der Waals surface area contributed by atoms with E-state index in [1.807, 2.05) is 44.2 Å². The molecule has 0 saturated heterocycles. The van der Waals surface area contributed by atoms with Gasteiger partial charge in [0.05, 0.1) is 23.5 Å². The van der Waals surface area contributed by atoms with Crippen LogP contribution in [0.5, 0.6) is 0 Å². The van der Waals surface area contributed by atoms with Crippen LogP contribution in [0.4, 0.5) is 0 Å². The van der Waals surface area contributed by atoms with Gasteiger partial charge in [-0.05, 0) is 38.1 Å². The molecule has 2 aromatic heterocycles. The number of nitrogens with one attached hydrogen (secondary N) is 1. The Balaban J connectivity index is 1.82. The van der Waals surface area contributed by atoms with Gasteiger partial charge in [-0.2, -0.15) is 0 Å². The smallest absolute Gasteiger partial charge is 0.273 e. The van der Waals surface area contributed by atoms with Crippen molar-refractivity contribution in [3.05, 3.63) is 47.9 Å². The number of carbonyl (C=O) groups is 1. The molecular formula is C17H19N5O2. The summed E-state index contributed by atoms with van der Waals surface area (Å²) in [5.41, 5.74) is 2.76. The summed E-state index contributed by atoms with van der Waals surface area (Å²) in [6.07, 6.45) is 1.76. The standard InChI is InChI=1S/C17H19N5O2/c1-3-24-10-9-19-17(23)16-12(2)22(21-20-16)14-6-7-15-13(11-14)5-4-8-18-15/h4-8,11H,3,9-10H2,1-2H3,(H,19,23). The second-order valence-electron chi connectivity index (χ2n) is 5.27. The molecule has 0 aliphatic rings. The van der Waals surface area contributed by atoms with Crippen molar-refractivity contribution in [1.29, 1.82) is 0 Å². The Morgan fingerprint density at radius 2 is 2.21 bits per heavy atom. The summed E-state index contributed by atoms with van der Waals surface area (Å²) in [5.74, 6) is -0.249. The predicted octanol–water partition coefficient (Wildman–Crippen LogP) is 1.89. The number of fused-ring (bicyclic) bond motifs is 1. The van der Waals surface area contributed by atoms with E-state index >= 15 is 0 Å². The van der Waals surface area contributed by atoms with Gasteiger partial charge in [0.25, 0.3) is 5.91 Å². The van der Waals surface area contributed by atoms with Gasteiger partial charge in [0.1, 0.15) is 0 Å². The Labute approximate surface area is 139 Å². The molecule has 0 aliphatic carbocycles. The molecule has 0 atom stereocenters. The maximum Gasteiger partial charge on any atom is 0.273 e. The Morgan fingerprint density at radius 1 is 1.33 bits per heavy atom. The summed E-state index contributed by atoms with van der Waals surface area (Å²) in [5, 5.41) is 11.9. The van der Waals surface area contributed by atoms with Crippen LogP contribution in [0.3, 0.4) is 0 Å². The zero-order valence-corrected chi connectivity index (χ0v) is 13.7. The van der Waals surface area contributed by atoms with E-state index in [9.17, 15) is 4.79 Å². The van der Waals surface area contributed by atoms with Gasteiger partial charge in [0, 0.05) is 24.7 Å². The summed E-state index contributed by atoms with van der Waals surface area (Å²) >= 11 is 0. The maximum absolute atomic E-state index is 12.2. The fourth-order valence-corrected chi connectivity index (χ4v) is 2.44. The molecular weight excluding hydrogens is 306 g/mol. The summed E-state index contributed by atoms with van der Waals surface area (Å²) in [4.78, 5) is 16.5. The van der Waals surface area contributed by atoms with E-state index in [0.717, 1.165) is 16.6 Å². The molecule has 1 aromatic carbocycles. The van der Waals surface area contributed by atoms with Crippen molar-refractivity contribution < 1.29 is 9.53 Å². The number of hydrogen-bond donors (Lipinski definition) is 1. The molecule has 124 valence electrons. The van der Waals surface area contributed by atoms with Crippen molar-refractivity contribution in [2.75, 3.05) is 19.8 Å². The van der Waals surface area contributed by atoms with Crippen molar-refractivity contribution in [3.63, 3.8) is 0 Å². The Bertz CT molecular complexity index is 859. The molecule has 1 amide bonds. The average Bonchev–Trinajstić information content (AvgIpc) is 2.99. The second kappa shape index (κ2) is 7.18. The van der Waals surface area contributed by atoms with Crippen LogP contribution in [0.2, 0.25) is 0 Å². The summed E-state index contributed by atoms with van der Waals surface area (Å²) in [7, 11) is 0. The number of amides is 1. The second-order valence-corrected chi connectivity index (χ2v) is 5.27. The normalized spacial score (nSPS) is 10.9. The highest BCUT2D eigenvalue weighted by atomic mass is 16.5. The molecule has 0 unspecified atom stereocenters. The van der Waals surface area contributed by atoms with Crippen LogP contribution in [0.15, 0.2) is 36.5 Å². The third kappa shape index (κ3) is 3.26. The van der Waals surface area contributed by atoms with Crippen molar-refractivity contribution in [3.8, 4) is 5.69 Å². The van der Waals surface area contributed by atoms with E-state index in [1.54, 1.807) is 10.9 Å². The SMILES string of the molecule is CCOCCNC(=O)c1nnn(-c2ccc3ncccc3c2)c1C. The molecule has 0 bridgehead atoms. The third-order valence-corrected chi connectivity index (χ3v) is 3.68. The maximum atomic E-state index is 12.2. The Kier molecular flexibility index (Phi) is 4.81. The zero-order valence-electron chi connectivity index (χ0n) is 13.7. The third-order valence-electron chi connectivity index (χ3n) is 3.68. The molecule has 24 heavy (non-hydrogen) atoms. The largest absolute Gasteiger partial charge is 0.380 e. The highest BCUT2D eigenvalue weighted by molar-refractivity contribution is 5.93. The Morgan fingerprint density at radius 3 is 3.04 bits per heavy atom. The molecule has 7 nitrogen and oxygen atoms in total. The van der Waals surface area contributed by atoms with Gasteiger partial charge < -0.3 is 10.1 Å². The van der Waals surface area contributed by atoms with Gasteiger partial charge in [0.15, 0.2) is 5.69 Å². The minimum atomic E-state index is -0.249. The van der Waals surface area contributed by atoms with Gasteiger partial charge in [0.2, 0.25) is 0 Å². The van der Waals surface area contributed by atoms with Crippen molar-refractivity contribution in [1.82, 2.24) is 25.3 Å². The lowest BCUT2D eigenvalue weighted by molar-refractivity contribution is 0.0917. The van der Waals surface area contributed by atoms with Crippen molar-refractivity contribution in [2.24, 2.45) is 0 Å². The molecule has 3 aromatic rings. The molecule has 0 aliphatic heterocycles. The van der Waals surface area contributed by atoms with Gasteiger partial charge in [-0.25, -0.2) is 4.68 Å². The summed E-state index contributed by atoms with van der Waals surface area (Å²) in [6, 6.07) is 9.68. The minimum absolute atomic E-state index is 0.249. The number of pyridine rings is 1. The molecule has 0 spiro atoms. The molecule has 0 fully saturated rings. The fraction of sp³-hybridized carbons (Fsp3) is 0.294. The first-order valence-corrected chi connectivity index (χ1v) is 7.84. The minimum Gasteiger partial charge on any atom is -0.380 e.